The van der Waals surface area contributed by atoms with Crippen molar-refractivity contribution < 1.29 is 0 Å². The van der Waals surface area contributed by atoms with Gasteiger partial charge in [-0.2, -0.15) is 0 Å². The van der Waals surface area contributed by atoms with E-state index in [1.807, 2.05) is 29.5 Å². The van der Waals surface area contributed by atoms with Crippen molar-refractivity contribution >= 4 is 53.3 Å². The summed E-state index contributed by atoms with van der Waals surface area (Å²) in [5.74, 6) is 1.82. The maximum Gasteiger partial charge on any atom is 0.166 e. The zero-order chi connectivity index (χ0) is 41.0. The van der Waals surface area contributed by atoms with Crippen molar-refractivity contribution in [2.24, 2.45) is 0 Å². The number of benzene rings is 9. The molecule has 3 heterocycles. The molecule has 4 nitrogen and oxygen atoms in total. The Hall–Kier alpha value is -7.99. The topological polar surface area (TPSA) is 43.6 Å². The van der Waals surface area contributed by atoms with E-state index in [2.05, 4.69) is 205 Å². The fraction of sp³-hybridized carbons (Fsp3) is 0. The number of rotatable bonds is 7. The lowest BCUT2D eigenvalue weighted by atomic mass is 9.95. The van der Waals surface area contributed by atoms with Gasteiger partial charge in [0, 0.05) is 47.6 Å². The van der Waals surface area contributed by atoms with Crippen LogP contribution < -0.4 is 0 Å². The van der Waals surface area contributed by atoms with Gasteiger partial charge < -0.3 is 4.57 Å². The molecule has 0 aliphatic heterocycles. The van der Waals surface area contributed by atoms with Crippen molar-refractivity contribution in [3.05, 3.63) is 218 Å². The maximum absolute atomic E-state index is 5.45. The Balaban J connectivity index is 1.11. The Morgan fingerprint density at radius 3 is 1.44 bits per heavy atom. The van der Waals surface area contributed by atoms with E-state index in [4.69, 9.17) is 15.0 Å². The highest BCUT2D eigenvalue weighted by Gasteiger charge is 2.21. The summed E-state index contributed by atoms with van der Waals surface area (Å²) in [5.41, 5.74) is 12.7. The molecule has 0 N–H and O–H groups in total. The second kappa shape index (κ2) is 14.9. The largest absolute Gasteiger partial charge is 0.308 e. The number of hydrogen-bond donors (Lipinski definition) is 0. The highest BCUT2D eigenvalue weighted by Crippen LogP contribution is 2.41. The van der Waals surface area contributed by atoms with Crippen LogP contribution in [-0.2, 0) is 0 Å². The minimum absolute atomic E-state index is 0.601. The van der Waals surface area contributed by atoms with Gasteiger partial charge in [-0.15, -0.1) is 11.3 Å². The molecule has 0 fully saturated rings. The Morgan fingerprint density at radius 2 is 0.758 bits per heavy atom. The Bertz CT molecular complexity index is 3580. The molecule has 0 aliphatic rings. The van der Waals surface area contributed by atoms with E-state index in [1.54, 1.807) is 0 Å². The Kier molecular flexibility index (Phi) is 8.65. The molecule has 0 bridgehead atoms. The monoisotopic (exact) mass is 808 g/mol. The van der Waals surface area contributed by atoms with Gasteiger partial charge >= 0.3 is 0 Å². The van der Waals surface area contributed by atoms with Crippen molar-refractivity contribution in [1.29, 1.82) is 0 Å². The van der Waals surface area contributed by atoms with E-state index in [-0.39, 0.29) is 0 Å². The zero-order valence-electron chi connectivity index (χ0n) is 33.5. The first-order valence-electron chi connectivity index (χ1n) is 20.8. The van der Waals surface area contributed by atoms with Crippen LogP contribution in [0, 0.1) is 0 Å². The molecule has 0 saturated heterocycles. The summed E-state index contributed by atoms with van der Waals surface area (Å²) in [4.78, 5) is 16.0. The van der Waals surface area contributed by atoms with E-state index >= 15 is 0 Å². The van der Waals surface area contributed by atoms with Gasteiger partial charge in [-0.25, -0.2) is 15.0 Å². The molecule has 12 aromatic rings. The van der Waals surface area contributed by atoms with Crippen LogP contribution in [-0.4, -0.2) is 19.5 Å². The van der Waals surface area contributed by atoms with Gasteiger partial charge in [0.2, 0.25) is 0 Å². The van der Waals surface area contributed by atoms with Crippen molar-refractivity contribution in [3.8, 4) is 73.2 Å². The van der Waals surface area contributed by atoms with Crippen molar-refractivity contribution in [2.75, 3.05) is 0 Å². The summed E-state index contributed by atoms with van der Waals surface area (Å²) in [7, 11) is 0. The van der Waals surface area contributed by atoms with Crippen LogP contribution in [0.5, 0.6) is 0 Å². The quantitative estimate of drug-likeness (QED) is 0.161. The predicted molar refractivity (Wildman–Crippen MR) is 260 cm³/mol. The molecule has 9 aromatic carbocycles. The van der Waals surface area contributed by atoms with Gasteiger partial charge in [0.1, 0.15) is 0 Å². The van der Waals surface area contributed by atoms with Crippen molar-refractivity contribution in [2.45, 2.75) is 0 Å². The van der Waals surface area contributed by atoms with Crippen LogP contribution in [0.15, 0.2) is 218 Å². The molecule has 0 radical (unpaired) electrons. The fourth-order valence-corrected chi connectivity index (χ4v) is 10.0. The second-order valence-corrected chi connectivity index (χ2v) is 16.7. The molecule has 12 rings (SSSR count). The standard InChI is InChI=1S/C57H36N4S/c1-4-16-37(17-5-1)40-29-31-49(52(35-40)61-50-25-13-10-22-45(50)46-23-11-14-26-51(46)61)57-59-55(39-20-8-3-9-21-39)58-56(60-57)44-33-42(38-18-6-2-7-19-38)32-43(34-44)41-28-30-48-47-24-12-15-27-53(47)62-54(48)36-41/h1-36H. The lowest BCUT2D eigenvalue weighted by Gasteiger charge is -2.17. The minimum atomic E-state index is 0.601. The number of fused-ring (bicyclic) bond motifs is 6. The van der Waals surface area contributed by atoms with Crippen LogP contribution >= 0.6 is 11.3 Å². The van der Waals surface area contributed by atoms with Gasteiger partial charge in [0.25, 0.3) is 0 Å². The molecule has 0 unspecified atom stereocenters. The number of thiophene rings is 1. The van der Waals surface area contributed by atoms with Crippen molar-refractivity contribution in [3.63, 3.8) is 0 Å². The van der Waals surface area contributed by atoms with Gasteiger partial charge in [-0.1, -0.05) is 164 Å². The molecule has 0 atom stereocenters. The summed E-state index contributed by atoms with van der Waals surface area (Å²) in [6.07, 6.45) is 0. The highest BCUT2D eigenvalue weighted by atomic mass is 32.1. The zero-order valence-corrected chi connectivity index (χ0v) is 34.3. The smallest absolute Gasteiger partial charge is 0.166 e. The van der Waals surface area contributed by atoms with Crippen LogP contribution in [0.2, 0.25) is 0 Å². The molecule has 0 saturated carbocycles. The third-order valence-electron chi connectivity index (χ3n) is 11.8. The molecular weight excluding hydrogens is 773 g/mol. The molecule has 3 aromatic heterocycles. The molecular formula is C57H36N4S. The third-order valence-corrected chi connectivity index (χ3v) is 13.0. The predicted octanol–water partition coefficient (Wildman–Crippen LogP) is 15.3. The summed E-state index contributed by atoms with van der Waals surface area (Å²) in [6, 6.07) is 77.6. The van der Waals surface area contributed by atoms with Crippen LogP contribution in [0.1, 0.15) is 0 Å². The van der Waals surface area contributed by atoms with Crippen LogP contribution in [0.3, 0.4) is 0 Å². The Morgan fingerprint density at radius 1 is 0.290 bits per heavy atom. The summed E-state index contributed by atoms with van der Waals surface area (Å²) in [5, 5.41) is 4.96. The number of aromatic nitrogens is 4. The van der Waals surface area contributed by atoms with Gasteiger partial charge in [-0.05, 0) is 88.0 Å². The average molecular weight is 809 g/mol. The van der Waals surface area contributed by atoms with E-state index in [0.717, 1.165) is 66.8 Å². The number of hydrogen-bond acceptors (Lipinski definition) is 4. The lowest BCUT2D eigenvalue weighted by Crippen LogP contribution is -2.04. The fourth-order valence-electron chi connectivity index (χ4n) is 8.87. The molecule has 0 spiro atoms. The second-order valence-electron chi connectivity index (χ2n) is 15.6. The molecule has 290 valence electrons. The van der Waals surface area contributed by atoms with Gasteiger partial charge in [0.05, 0.1) is 16.7 Å². The first-order chi connectivity index (χ1) is 30.7. The van der Waals surface area contributed by atoms with E-state index in [0.29, 0.717) is 17.5 Å². The summed E-state index contributed by atoms with van der Waals surface area (Å²) in [6.45, 7) is 0. The first kappa shape index (κ1) is 35.9. The molecule has 5 heteroatoms. The van der Waals surface area contributed by atoms with Gasteiger partial charge in [0.15, 0.2) is 17.5 Å². The van der Waals surface area contributed by atoms with Crippen LogP contribution in [0.25, 0.3) is 115 Å². The number of nitrogens with zero attached hydrogens (tertiary/aromatic N) is 4. The molecule has 0 aliphatic carbocycles. The van der Waals surface area contributed by atoms with Crippen LogP contribution in [0.4, 0.5) is 0 Å². The maximum atomic E-state index is 5.45. The van der Waals surface area contributed by atoms with Crippen molar-refractivity contribution in [1.82, 2.24) is 19.5 Å². The van der Waals surface area contributed by atoms with Gasteiger partial charge in [-0.3, -0.25) is 0 Å². The molecule has 0 amide bonds. The summed E-state index contributed by atoms with van der Waals surface area (Å²) >= 11 is 1.84. The van der Waals surface area contributed by atoms with E-state index in [1.165, 1.54) is 30.9 Å². The average Bonchev–Trinajstić information content (AvgIpc) is 3.90. The third kappa shape index (κ3) is 6.26. The normalized spacial score (nSPS) is 11.5. The molecule has 62 heavy (non-hydrogen) atoms. The van der Waals surface area contributed by atoms with E-state index in [9.17, 15) is 0 Å². The van der Waals surface area contributed by atoms with E-state index < -0.39 is 0 Å². The summed E-state index contributed by atoms with van der Waals surface area (Å²) < 4.78 is 4.93. The lowest BCUT2D eigenvalue weighted by molar-refractivity contribution is 1.06. The number of para-hydroxylation sites is 2. The highest BCUT2D eigenvalue weighted by molar-refractivity contribution is 7.25. The SMILES string of the molecule is c1ccc(-c2cc(-c3ccc4c(c3)sc3ccccc34)cc(-c3nc(-c4ccccc4)nc(-c4ccc(-c5ccccc5)cc4-n4c5ccccc5c5ccccc54)n3)c2)cc1. The Labute approximate surface area is 362 Å². The first-order valence-corrected chi connectivity index (χ1v) is 21.7. The minimum Gasteiger partial charge on any atom is -0.308 e.